The summed E-state index contributed by atoms with van der Waals surface area (Å²) in [6.07, 6.45) is 0.696. The standard InChI is InChI=1S/C22H18N2O4/c25-22(23-13-12-17-10-11-19(24(26)27)14-21(17)23)18-8-6-16(7-9-18)15-28-20-4-2-1-3-5-20/h1-11,14H,12-13,15H2. The SMILES string of the molecule is O=C(c1ccc(COc2ccccc2)cc1)N1CCc2ccc([N+](=O)[O-])cc21. The van der Waals surface area contributed by atoms with Crippen molar-refractivity contribution < 1.29 is 14.5 Å². The molecule has 0 saturated heterocycles. The molecule has 1 aliphatic heterocycles. The summed E-state index contributed by atoms with van der Waals surface area (Å²) >= 11 is 0. The second-order valence-corrected chi connectivity index (χ2v) is 6.58. The lowest BCUT2D eigenvalue weighted by Gasteiger charge is -2.17. The number of non-ortho nitro benzene ring substituents is 1. The molecule has 1 amide bonds. The lowest BCUT2D eigenvalue weighted by atomic mass is 10.1. The molecular weight excluding hydrogens is 356 g/mol. The molecule has 1 aliphatic rings. The van der Waals surface area contributed by atoms with Crippen LogP contribution in [0.1, 0.15) is 21.5 Å². The molecule has 0 bridgehead atoms. The van der Waals surface area contributed by atoms with Gasteiger partial charge >= 0.3 is 0 Å². The molecular formula is C22H18N2O4. The molecule has 0 aromatic heterocycles. The minimum absolute atomic E-state index is 0.00754. The van der Waals surface area contributed by atoms with E-state index in [2.05, 4.69) is 0 Å². The summed E-state index contributed by atoms with van der Waals surface area (Å²) in [4.78, 5) is 25.1. The van der Waals surface area contributed by atoms with Crippen molar-refractivity contribution in [3.8, 4) is 5.75 Å². The summed E-state index contributed by atoms with van der Waals surface area (Å²) < 4.78 is 5.72. The number of amides is 1. The van der Waals surface area contributed by atoms with E-state index in [1.165, 1.54) is 12.1 Å². The predicted molar refractivity (Wildman–Crippen MR) is 106 cm³/mol. The molecule has 0 radical (unpaired) electrons. The van der Waals surface area contributed by atoms with Crippen LogP contribution in [0.25, 0.3) is 0 Å². The van der Waals surface area contributed by atoms with E-state index in [-0.39, 0.29) is 11.6 Å². The van der Waals surface area contributed by atoms with Crippen LogP contribution in [0.5, 0.6) is 5.75 Å². The van der Waals surface area contributed by atoms with Crippen molar-refractivity contribution in [1.82, 2.24) is 0 Å². The van der Waals surface area contributed by atoms with Gasteiger partial charge in [-0.25, -0.2) is 0 Å². The second kappa shape index (κ2) is 7.52. The predicted octanol–water partition coefficient (Wildman–Crippen LogP) is 4.38. The quantitative estimate of drug-likeness (QED) is 0.491. The average molecular weight is 374 g/mol. The van der Waals surface area contributed by atoms with Crippen molar-refractivity contribution in [2.24, 2.45) is 0 Å². The van der Waals surface area contributed by atoms with Crippen LogP contribution in [-0.4, -0.2) is 17.4 Å². The van der Waals surface area contributed by atoms with Gasteiger partial charge in [0.1, 0.15) is 12.4 Å². The topological polar surface area (TPSA) is 72.7 Å². The maximum Gasteiger partial charge on any atom is 0.271 e. The summed E-state index contributed by atoms with van der Waals surface area (Å²) in [6, 6.07) is 21.5. The minimum atomic E-state index is -0.442. The van der Waals surface area contributed by atoms with Crippen molar-refractivity contribution in [3.05, 3.63) is 99.6 Å². The van der Waals surface area contributed by atoms with Gasteiger partial charge in [-0.1, -0.05) is 36.4 Å². The Morgan fingerprint density at radius 3 is 2.50 bits per heavy atom. The van der Waals surface area contributed by atoms with Crippen molar-refractivity contribution in [2.75, 3.05) is 11.4 Å². The van der Waals surface area contributed by atoms with Gasteiger partial charge < -0.3 is 9.64 Å². The van der Waals surface area contributed by atoms with E-state index < -0.39 is 4.92 Å². The smallest absolute Gasteiger partial charge is 0.271 e. The number of hydrogen-bond acceptors (Lipinski definition) is 4. The molecule has 3 aromatic rings. The molecule has 0 saturated carbocycles. The van der Waals surface area contributed by atoms with E-state index in [1.54, 1.807) is 23.1 Å². The minimum Gasteiger partial charge on any atom is -0.489 e. The third kappa shape index (κ3) is 3.57. The van der Waals surface area contributed by atoms with Crippen molar-refractivity contribution in [2.45, 2.75) is 13.0 Å². The first kappa shape index (κ1) is 17.7. The highest BCUT2D eigenvalue weighted by molar-refractivity contribution is 6.07. The van der Waals surface area contributed by atoms with Gasteiger partial charge in [0.15, 0.2) is 0 Å². The fourth-order valence-corrected chi connectivity index (χ4v) is 3.27. The van der Waals surface area contributed by atoms with Crippen LogP contribution in [0.4, 0.5) is 11.4 Å². The number of nitro groups is 1. The molecule has 0 spiro atoms. The number of hydrogen-bond donors (Lipinski definition) is 0. The Balaban J connectivity index is 1.48. The third-order valence-electron chi connectivity index (χ3n) is 4.77. The highest BCUT2D eigenvalue weighted by atomic mass is 16.6. The van der Waals surface area contributed by atoms with Gasteiger partial charge in [-0.15, -0.1) is 0 Å². The van der Waals surface area contributed by atoms with Crippen LogP contribution in [-0.2, 0) is 13.0 Å². The average Bonchev–Trinajstić information content (AvgIpc) is 3.16. The number of ether oxygens (including phenoxy) is 1. The molecule has 0 atom stereocenters. The normalized spacial score (nSPS) is 12.5. The van der Waals surface area contributed by atoms with Gasteiger partial charge in [0.25, 0.3) is 11.6 Å². The molecule has 0 unspecified atom stereocenters. The number of para-hydroxylation sites is 1. The molecule has 1 heterocycles. The van der Waals surface area contributed by atoms with E-state index >= 15 is 0 Å². The number of nitro benzene ring substituents is 1. The van der Waals surface area contributed by atoms with Crippen LogP contribution < -0.4 is 9.64 Å². The monoisotopic (exact) mass is 374 g/mol. The van der Waals surface area contributed by atoms with Crippen LogP contribution >= 0.6 is 0 Å². The fourth-order valence-electron chi connectivity index (χ4n) is 3.27. The zero-order valence-corrected chi connectivity index (χ0v) is 15.1. The van der Waals surface area contributed by atoms with Gasteiger partial charge in [-0.2, -0.15) is 0 Å². The Labute approximate surface area is 162 Å². The number of carbonyl (C=O) groups is 1. The molecule has 28 heavy (non-hydrogen) atoms. The highest BCUT2D eigenvalue weighted by Gasteiger charge is 2.27. The fraction of sp³-hybridized carbons (Fsp3) is 0.136. The molecule has 0 aliphatic carbocycles. The number of nitrogens with zero attached hydrogens (tertiary/aromatic N) is 2. The lowest BCUT2D eigenvalue weighted by molar-refractivity contribution is -0.384. The zero-order chi connectivity index (χ0) is 19.5. The van der Waals surface area contributed by atoms with Crippen LogP contribution in [0, 0.1) is 10.1 Å². The van der Waals surface area contributed by atoms with Crippen molar-refractivity contribution in [3.63, 3.8) is 0 Å². The first-order valence-electron chi connectivity index (χ1n) is 8.98. The maximum absolute atomic E-state index is 12.9. The van der Waals surface area contributed by atoms with Crippen molar-refractivity contribution in [1.29, 1.82) is 0 Å². The van der Waals surface area contributed by atoms with Crippen LogP contribution in [0.15, 0.2) is 72.8 Å². The second-order valence-electron chi connectivity index (χ2n) is 6.58. The van der Waals surface area contributed by atoms with Gasteiger partial charge in [-0.3, -0.25) is 14.9 Å². The Morgan fingerprint density at radius 1 is 1.04 bits per heavy atom. The summed E-state index contributed by atoms with van der Waals surface area (Å²) in [5.74, 6) is 0.632. The van der Waals surface area contributed by atoms with Crippen molar-refractivity contribution >= 4 is 17.3 Å². The molecule has 0 N–H and O–H groups in total. The highest BCUT2D eigenvalue weighted by Crippen LogP contribution is 2.32. The summed E-state index contributed by atoms with van der Waals surface area (Å²) in [5.41, 5.74) is 3.06. The van der Waals surface area contributed by atoms with E-state index in [1.807, 2.05) is 42.5 Å². The van der Waals surface area contributed by atoms with Gasteiger partial charge in [-0.05, 0) is 41.8 Å². The molecule has 0 fully saturated rings. The Hall–Kier alpha value is -3.67. The summed E-state index contributed by atoms with van der Waals surface area (Å²) in [6.45, 7) is 0.936. The number of benzene rings is 3. The Bertz CT molecular complexity index is 1020. The van der Waals surface area contributed by atoms with Crippen LogP contribution in [0.3, 0.4) is 0 Å². The first-order chi connectivity index (χ1) is 13.6. The van der Waals surface area contributed by atoms with E-state index in [9.17, 15) is 14.9 Å². The summed E-state index contributed by atoms with van der Waals surface area (Å²) in [5, 5.41) is 11.0. The van der Waals surface area contributed by atoms with E-state index in [4.69, 9.17) is 4.74 Å². The molecule has 140 valence electrons. The maximum atomic E-state index is 12.9. The first-order valence-corrected chi connectivity index (χ1v) is 8.98. The number of anilines is 1. The third-order valence-corrected chi connectivity index (χ3v) is 4.77. The van der Waals surface area contributed by atoms with Gasteiger partial charge in [0, 0.05) is 24.2 Å². The Morgan fingerprint density at radius 2 is 1.79 bits per heavy atom. The van der Waals surface area contributed by atoms with Crippen LogP contribution in [0.2, 0.25) is 0 Å². The number of fused-ring (bicyclic) bond motifs is 1. The van der Waals surface area contributed by atoms with E-state index in [0.717, 1.165) is 16.9 Å². The molecule has 3 aromatic carbocycles. The number of rotatable bonds is 5. The van der Waals surface area contributed by atoms with E-state index in [0.29, 0.717) is 30.8 Å². The van der Waals surface area contributed by atoms with Gasteiger partial charge in [0.2, 0.25) is 0 Å². The zero-order valence-electron chi connectivity index (χ0n) is 15.1. The summed E-state index contributed by atoms with van der Waals surface area (Å²) in [7, 11) is 0. The molecule has 6 heteroatoms. The Kier molecular flexibility index (Phi) is 4.76. The largest absolute Gasteiger partial charge is 0.489 e. The molecule has 6 nitrogen and oxygen atoms in total. The van der Waals surface area contributed by atoms with Gasteiger partial charge in [0.05, 0.1) is 10.6 Å². The lowest BCUT2D eigenvalue weighted by Crippen LogP contribution is -2.28. The molecule has 4 rings (SSSR count). The number of carbonyl (C=O) groups excluding carboxylic acids is 1.